The number of nitrogens with one attached hydrogen (secondary N) is 2. The van der Waals surface area contributed by atoms with Crippen molar-refractivity contribution in [1.82, 2.24) is 24.5 Å². The lowest BCUT2D eigenvalue weighted by Crippen LogP contribution is -2.28. The zero-order valence-corrected chi connectivity index (χ0v) is 14.3. The number of rotatable bonds is 6. The summed E-state index contributed by atoms with van der Waals surface area (Å²) in [6, 6.07) is 6.98. The first-order chi connectivity index (χ1) is 11.0. The molecule has 10 heteroatoms. The number of nitrogens with zero attached hydrogens (tertiary/aromatic N) is 4. The van der Waals surface area contributed by atoms with E-state index in [-0.39, 0.29) is 6.54 Å². The van der Waals surface area contributed by atoms with Crippen molar-refractivity contribution in [3.05, 3.63) is 35.0 Å². The first-order valence-corrected chi connectivity index (χ1v) is 9.25. The van der Waals surface area contributed by atoms with Crippen LogP contribution < -0.4 is 10.0 Å². The predicted molar refractivity (Wildman–Crippen MR) is 88.3 cm³/mol. The second kappa shape index (κ2) is 6.22. The fourth-order valence-corrected chi connectivity index (χ4v) is 4.35. The Kier molecular flexibility index (Phi) is 4.28. The van der Waals surface area contributed by atoms with Crippen molar-refractivity contribution in [2.75, 3.05) is 18.4 Å². The zero-order valence-electron chi connectivity index (χ0n) is 12.6. The van der Waals surface area contributed by atoms with Crippen molar-refractivity contribution in [3.63, 3.8) is 0 Å². The summed E-state index contributed by atoms with van der Waals surface area (Å²) in [4.78, 5) is 0.963. The normalized spacial score (nSPS) is 11.9. The van der Waals surface area contributed by atoms with E-state index < -0.39 is 10.0 Å². The van der Waals surface area contributed by atoms with Gasteiger partial charge in [-0.2, -0.15) is 4.52 Å². The predicted octanol–water partition coefficient (Wildman–Crippen LogP) is 1.19. The maximum atomic E-state index is 12.1. The molecule has 122 valence electrons. The third kappa shape index (κ3) is 3.49. The van der Waals surface area contributed by atoms with Crippen LogP contribution in [0.4, 0.5) is 5.82 Å². The van der Waals surface area contributed by atoms with Crippen LogP contribution in [0, 0.1) is 13.8 Å². The smallest absolute Gasteiger partial charge is 0.250 e. The highest BCUT2D eigenvalue weighted by atomic mass is 32.2. The zero-order chi connectivity index (χ0) is 16.4. The fraction of sp³-hybridized carbons (Fsp3) is 0.308. The maximum Gasteiger partial charge on any atom is 0.250 e. The Labute approximate surface area is 137 Å². The molecule has 0 aliphatic heterocycles. The third-order valence-corrected chi connectivity index (χ3v) is 6.08. The summed E-state index contributed by atoms with van der Waals surface area (Å²) in [5.74, 6) is 1.32. The lowest BCUT2D eigenvalue weighted by Gasteiger charge is -2.07. The van der Waals surface area contributed by atoms with Crippen molar-refractivity contribution in [3.8, 4) is 0 Å². The van der Waals surface area contributed by atoms with Crippen LogP contribution in [-0.2, 0) is 10.0 Å². The van der Waals surface area contributed by atoms with Gasteiger partial charge < -0.3 is 5.32 Å². The average Bonchev–Trinajstić information content (AvgIpc) is 3.11. The number of aryl methyl sites for hydroxylation is 2. The summed E-state index contributed by atoms with van der Waals surface area (Å²) in [7, 11) is -3.44. The number of hydrogen-bond acceptors (Lipinski definition) is 7. The van der Waals surface area contributed by atoms with E-state index in [1.807, 2.05) is 13.8 Å². The number of aromatic nitrogens is 4. The number of thiophene rings is 1. The van der Waals surface area contributed by atoms with Crippen LogP contribution in [-0.4, -0.2) is 41.3 Å². The van der Waals surface area contributed by atoms with Gasteiger partial charge >= 0.3 is 0 Å². The van der Waals surface area contributed by atoms with Crippen molar-refractivity contribution in [2.24, 2.45) is 0 Å². The molecule has 3 rings (SSSR count). The molecule has 8 nitrogen and oxygen atoms in total. The number of hydrogen-bond donors (Lipinski definition) is 2. The second-order valence-electron chi connectivity index (χ2n) is 4.93. The quantitative estimate of drug-likeness (QED) is 0.646. The molecule has 0 fully saturated rings. The first-order valence-electron chi connectivity index (χ1n) is 6.95. The lowest BCUT2D eigenvalue weighted by atomic mass is 10.5. The largest absolute Gasteiger partial charge is 0.367 e. The molecule has 0 aliphatic carbocycles. The van der Waals surface area contributed by atoms with Crippen LogP contribution >= 0.6 is 11.3 Å². The maximum absolute atomic E-state index is 12.1. The van der Waals surface area contributed by atoms with E-state index >= 15 is 0 Å². The van der Waals surface area contributed by atoms with Crippen LogP contribution in [0.2, 0.25) is 0 Å². The molecule has 0 aliphatic rings. The fourth-order valence-electron chi connectivity index (χ4n) is 1.99. The van der Waals surface area contributed by atoms with Crippen molar-refractivity contribution in [2.45, 2.75) is 18.1 Å². The summed E-state index contributed by atoms with van der Waals surface area (Å²) in [5.41, 5.74) is 0.668. The molecule has 0 unspecified atom stereocenters. The van der Waals surface area contributed by atoms with Crippen molar-refractivity contribution >= 4 is 32.8 Å². The highest BCUT2D eigenvalue weighted by Gasteiger charge is 2.15. The van der Waals surface area contributed by atoms with Gasteiger partial charge in [0.25, 0.3) is 0 Å². The van der Waals surface area contributed by atoms with E-state index in [1.54, 1.807) is 28.8 Å². The summed E-state index contributed by atoms with van der Waals surface area (Å²) >= 11 is 1.25. The van der Waals surface area contributed by atoms with Gasteiger partial charge in [-0.15, -0.1) is 26.6 Å². The topological polar surface area (TPSA) is 101 Å². The molecule has 0 aromatic carbocycles. The summed E-state index contributed by atoms with van der Waals surface area (Å²) in [5, 5.41) is 15.3. The molecule has 2 N–H and O–H groups in total. The minimum Gasteiger partial charge on any atom is -0.367 e. The number of fused-ring (bicyclic) bond motifs is 1. The van der Waals surface area contributed by atoms with Gasteiger partial charge in [0.05, 0.1) is 0 Å². The lowest BCUT2D eigenvalue weighted by molar-refractivity contribution is 0.585. The first kappa shape index (κ1) is 15.8. The van der Waals surface area contributed by atoms with Gasteiger partial charge in [-0.25, -0.2) is 13.1 Å². The van der Waals surface area contributed by atoms with E-state index in [2.05, 4.69) is 25.3 Å². The van der Waals surface area contributed by atoms with Gasteiger partial charge in [-0.1, -0.05) is 0 Å². The van der Waals surface area contributed by atoms with E-state index in [0.717, 1.165) is 4.88 Å². The summed E-state index contributed by atoms with van der Waals surface area (Å²) < 4.78 is 28.7. The molecule has 0 spiro atoms. The number of anilines is 1. The Bertz CT molecular complexity index is 931. The van der Waals surface area contributed by atoms with Crippen LogP contribution in [0.3, 0.4) is 0 Å². The molecule has 0 amide bonds. The van der Waals surface area contributed by atoms with E-state index in [1.165, 1.54) is 11.3 Å². The van der Waals surface area contributed by atoms with Crippen LogP contribution in [0.1, 0.15) is 10.7 Å². The van der Waals surface area contributed by atoms with E-state index in [4.69, 9.17) is 0 Å². The van der Waals surface area contributed by atoms with Crippen LogP contribution in [0.5, 0.6) is 0 Å². The Hall–Kier alpha value is -2.04. The molecule has 0 atom stereocenters. The summed E-state index contributed by atoms with van der Waals surface area (Å²) in [6.07, 6.45) is 0. The Morgan fingerprint density at radius 1 is 1.13 bits per heavy atom. The van der Waals surface area contributed by atoms with Crippen molar-refractivity contribution < 1.29 is 8.42 Å². The number of sulfonamides is 1. The monoisotopic (exact) mass is 352 g/mol. The molecule has 0 saturated carbocycles. The minimum absolute atomic E-state index is 0.264. The Morgan fingerprint density at radius 2 is 1.96 bits per heavy atom. The molecular weight excluding hydrogens is 336 g/mol. The highest BCUT2D eigenvalue weighted by molar-refractivity contribution is 7.91. The molecule has 3 aromatic rings. The van der Waals surface area contributed by atoms with E-state index in [0.29, 0.717) is 28.0 Å². The Morgan fingerprint density at radius 3 is 2.70 bits per heavy atom. The molecule has 3 heterocycles. The SMILES string of the molecule is Cc1ccc(S(=O)(=O)NCCNc2ccc3nnc(C)n3n2)s1. The average molecular weight is 352 g/mol. The minimum atomic E-state index is -3.44. The second-order valence-corrected chi connectivity index (χ2v) is 8.21. The van der Waals surface area contributed by atoms with Gasteiger partial charge in [0.15, 0.2) is 11.5 Å². The molecule has 23 heavy (non-hydrogen) atoms. The van der Waals surface area contributed by atoms with Gasteiger partial charge in [0, 0.05) is 18.0 Å². The highest BCUT2D eigenvalue weighted by Crippen LogP contribution is 2.19. The summed E-state index contributed by atoms with van der Waals surface area (Å²) in [6.45, 7) is 4.37. The van der Waals surface area contributed by atoms with Crippen LogP contribution in [0.15, 0.2) is 28.5 Å². The van der Waals surface area contributed by atoms with Gasteiger partial charge in [-0.3, -0.25) is 0 Å². The van der Waals surface area contributed by atoms with Gasteiger partial charge in [-0.05, 0) is 38.1 Å². The van der Waals surface area contributed by atoms with Crippen molar-refractivity contribution in [1.29, 1.82) is 0 Å². The molecule has 3 aromatic heterocycles. The third-order valence-electron chi connectivity index (χ3n) is 3.12. The Balaban J connectivity index is 1.57. The standard InChI is InChI=1S/C13H16N6O2S2/c1-9-3-6-13(22-9)23(20,21)15-8-7-14-11-4-5-12-17-16-10(2)19(12)18-11/h3-6,15H,7-8H2,1-2H3,(H,14,18). The van der Waals surface area contributed by atoms with Gasteiger partial charge in [0.2, 0.25) is 10.0 Å². The van der Waals surface area contributed by atoms with E-state index in [9.17, 15) is 8.42 Å². The van der Waals surface area contributed by atoms with Gasteiger partial charge in [0.1, 0.15) is 10.0 Å². The molecular formula is C13H16N6O2S2. The van der Waals surface area contributed by atoms with Crippen LogP contribution in [0.25, 0.3) is 5.65 Å². The molecule has 0 radical (unpaired) electrons. The molecule has 0 bridgehead atoms. The molecule has 0 saturated heterocycles.